The van der Waals surface area contributed by atoms with Gasteiger partial charge in [-0.05, 0) is 30.3 Å². The van der Waals surface area contributed by atoms with Crippen molar-refractivity contribution < 1.29 is 9.72 Å². The molecule has 2 aromatic carbocycles. The smallest absolute Gasteiger partial charge is 0.271 e. The molecule has 4 rings (SSSR count). The Bertz CT molecular complexity index is 1320. The monoisotopic (exact) mass is 460 g/mol. The van der Waals surface area contributed by atoms with Gasteiger partial charge in [-0.3, -0.25) is 19.9 Å². The van der Waals surface area contributed by atoms with Crippen molar-refractivity contribution in [2.75, 3.05) is 5.75 Å². The van der Waals surface area contributed by atoms with E-state index in [0.29, 0.717) is 10.7 Å². The van der Waals surface area contributed by atoms with Crippen LogP contribution in [0.4, 0.5) is 11.4 Å². The van der Waals surface area contributed by atoms with Crippen LogP contribution >= 0.6 is 11.8 Å². The van der Waals surface area contributed by atoms with Gasteiger partial charge in [0.1, 0.15) is 0 Å². The molecule has 12 heteroatoms. The van der Waals surface area contributed by atoms with Crippen molar-refractivity contribution >= 4 is 45.9 Å². The Kier molecular flexibility index (Phi) is 6.75. The standard InChI is InChI=1S/C21H16N8O3S/c30-19(13-33-21-23-17-8-1-2-9-18(17)24-21)26-28-20(14-5-4-10-22-12-14)27-25-15-6-3-7-16(11-15)29(31)32/h1-12H,13H2,(H,23,24)(H,26,30)/b27-25?,28-20-. The number of carbonyl (C=O) groups is 1. The summed E-state index contributed by atoms with van der Waals surface area (Å²) in [6, 6.07) is 16.7. The number of rotatable bonds is 7. The van der Waals surface area contributed by atoms with Crippen LogP contribution in [-0.4, -0.2) is 37.4 Å². The van der Waals surface area contributed by atoms with E-state index in [1.165, 1.54) is 36.2 Å². The summed E-state index contributed by atoms with van der Waals surface area (Å²) in [4.78, 5) is 34.3. The number of hydrogen-bond donors (Lipinski definition) is 2. The number of amides is 1. The van der Waals surface area contributed by atoms with E-state index in [0.717, 1.165) is 11.0 Å². The molecule has 0 aliphatic heterocycles. The maximum absolute atomic E-state index is 12.3. The highest BCUT2D eigenvalue weighted by Gasteiger charge is 2.09. The second kappa shape index (κ2) is 10.2. The number of nitrogens with one attached hydrogen (secondary N) is 2. The summed E-state index contributed by atoms with van der Waals surface area (Å²) in [7, 11) is 0. The average molecular weight is 460 g/mol. The maximum atomic E-state index is 12.3. The molecule has 1 amide bonds. The molecule has 0 saturated heterocycles. The number of nitrogens with zero attached hydrogens (tertiary/aromatic N) is 6. The van der Waals surface area contributed by atoms with Gasteiger partial charge in [0.25, 0.3) is 11.6 Å². The molecule has 0 fully saturated rings. The van der Waals surface area contributed by atoms with Gasteiger partial charge in [-0.25, -0.2) is 10.4 Å². The molecule has 0 atom stereocenters. The Hall–Kier alpha value is -4.45. The van der Waals surface area contributed by atoms with Gasteiger partial charge in [0, 0.05) is 30.1 Å². The Morgan fingerprint density at radius 3 is 2.82 bits per heavy atom. The van der Waals surface area contributed by atoms with Crippen LogP contribution in [0.25, 0.3) is 11.0 Å². The second-order valence-electron chi connectivity index (χ2n) is 6.54. The van der Waals surface area contributed by atoms with Crippen LogP contribution in [0.3, 0.4) is 0 Å². The molecule has 2 aromatic heterocycles. The van der Waals surface area contributed by atoms with Crippen molar-refractivity contribution in [1.82, 2.24) is 20.4 Å². The average Bonchev–Trinajstić information content (AvgIpc) is 3.26. The van der Waals surface area contributed by atoms with Crippen molar-refractivity contribution in [3.05, 3.63) is 88.7 Å². The third-order valence-corrected chi connectivity index (χ3v) is 5.09. The molecule has 0 aliphatic carbocycles. The number of non-ortho nitro benzene ring substituents is 1. The van der Waals surface area contributed by atoms with Crippen LogP contribution in [0.2, 0.25) is 0 Å². The molecular weight excluding hydrogens is 444 g/mol. The number of thioether (sulfide) groups is 1. The van der Waals surface area contributed by atoms with E-state index in [2.05, 4.69) is 35.7 Å². The number of nitro groups is 1. The third kappa shape index (κ3) is 5.83. The van der Waals surface area contributed by atoms with E-state index in [9.17, 15) is 14.9 Å². The fraction of sp³-hybridized carbons (Fsp3) is 0.0476. The fourth-order valence-electron chi connectivity index (χ4n) is 2.69. The zero-order chi connectivity index (χ0) is 23.0. The largest absolute Gasteiger partial charge is 0.333 e. The highest BCUT2D eigenvalue weighted by Crippen LogP contribution is 2.21. The van der Waals surface area contributed by atoms with Crippen LogP contribution in [0, 0.1) is 10.1 Å². The lowest BCUT2D eigenvalue weighted by molar-refractivity contribution is -0.384. The van der Waals surface area contributed by atoms with Gasteiger partial charge in [0.05, 0.1) is 27.4 Å². The van der Waals surface area contributed by atoms with Crippen molar-refractivity contribution in [3.63, 3.8) is 0 Å². The Labute approximate surface area is 191 Å². The molecule has 4 aromatic rings. The molecule has 0 saturated carbocycles. The third-order valence-electron chi connectivity index (χ3n) is 4.21. The number of hydrogen-bond acceptors (Lipinski definition) is 8. The molecule has 164 valence electrons. The van der Waals surface area contributed by atoms with E-state index in [1.54, 1.807) is 24.4 Å². The quantitative estimate of drug-likeness (QED) is 0.105. The molecule has 0 aliphatic rings. The number of amidine groups is 1. The Morgan fingerprint density at radius 1 is 1.15 bits per heavy atom. The van der Waals surface area contributed by atoms with Crippen molar-refractivity contribution in [2.24, 2.45) is 15.3 Å². The highest BCUT2D eigenvalue weighted by atomic mass is 32.2. The van der Waals surface area contributed by atoms with Gasteiger partial charge in [-0.2, -0.15) is 5.10 Å². The lowest BCUT2D eigenvalue weighted by Crippen LogP contribution is -2.21. The Balaban J connectivity index is 1.46. The topological polar surface area (TPSA) is 151 Å². The first-order valence-electron chi connectivity index (χ1n) is 9.59. The molecule has 0 radical (unpaired) electrons. The Morgan fingerprint density at radius 2 is 2.03 bits per heavy atom. The number of pyridine rings is 1. The number of aromatic nitrogens is 3. The van der Waals surface area contributed by atoms with Gasteiger partial charge >= 0.3 is 0 Å². The molecule has 33 heavy (non-hydrogen) atoms. The zero-order valence-corrected chi connectivity index (χ0v) is 17.8. The molecule has 0 unspecified atom stereocenters. The van der Waals surface area contributed by atoms with E-state index in [1.807, 2.05) is 24.3 Å². The predicted molar refractivity (Wildman–Crippen MR) is 123 cm³/mol. The van der Waals surface area contributed by atoms with Crippen molar-refractivity contribution in [3.8, 4) is 0 Å². The first-order valence-corrected chi connectivity index (χ1v) is 10.6. The van der Waals surface area contributed by atoms with Gasteiger partial charge < -0.3 is 4.98 Å². The van der Waals surface area contributed by atoms with Crippen LogP contribution in [0.15, 0.2) is 93.5 Å². The van der Waals surface area contributed by atoms with Crippen molar-refractivity contribution in [2.45, 2.75) is 5.16 Å². The molecule has 0 spiro atoms. The van der Waals surface area contributed by atoms with Gasteiger partial charge in [-0.15, -0.1) is 10.2 Å². The molecular formula is C21H16N8O3S. The lowest BCUT2D eigenvalue weighted by Gasteiger charge is -2.02. The predicted octanol–water partition coefficient (Wildman–Crippen LogP) is 4.22. The summed E-state index contributed by atoms with van der Waals surface area (Å²) in [6.45, 7) is 0. The molecule has 2 N–H and O–H groups in total. The minimum Gasteiger partial charge on any atom is -0.333 e. The summed E-state index contributed by atoms with van der Waals surface area (Å²) in [5.74, 6) is -0.199. The molecule has 11 nitrogen and oxygen atoms in total. The summed E-state index contributed by atoms with van der Waals surface area (Å²) in [5.41, 5.74) is 4.83. The van der Waals surface area contributed by atoms with Crippen LogP contribution in [-0.2, 0) is 4.79 Å². The van der Waals surface area contributed by atoms with E-state index in [-0.39, 0.29) is 28.9 Å². The molecule has 0 bridgehead atoms. The number of azo groups is 1. The summed E-state index contributed by atoms with van der Waals surface area (Å²) < 4.78 is 0. The van der Waals surface area contributed by atoms with Crippen LogP contribution in [0.5, 0.6) is 0 Å². The number of para-hydroxylation sites is 2. The summed E-state index contributed by atoms with van der Waals surface area (Å²) >= 11 is 1.24. The van der Waals surface area contributed by atoms with Crippen LogP contribution < -0.4 is 5.43 Å². The highest BCUT2D eigenvalue weighted by molar-refractivity contribution is 7.99. The minimum absolute atomic E-state index is 0.0751. The maximum Gasteiger partial charge on any atom is 0.271 e. The fourth-order valence-corrected chi connectivity index (χ4v) is 3.37. The number of aromatic amines is 1. The first-order chi connectivity index (χ1) is 16.1. The summed E-state index contributed by atoms with van der Waals surface area (Å²) in [5, 5.41) is 23.7. The van der Waals surface area contributed by atoms with E-state index >= 15 is 0 Å². The lowest BCUT2D eigenvalue weighted by atomic mass is 10.3. The summed E-state index contributed by atoms with van der Waals surface area (Å²) in [6.07, 6.45) is 3.10. The van der Waals surface area contributed by atoms with Gasteiger partial charge in [-0.1, -0.05) is 30.0 Å². The number of imidazole rings is 1. The minimum atomic E-state index is -0.519. The van der Waals surface area contributed by atoms with Crippen molar-refractivity contribution in [1.29, 1.82) is 0 Å². The number of hydrazone groups is 1. The first kappa shape index (κ1) is 21.8. The second-order valence-corrected chi connectivity index (χ2v) is 7.50. The van der Waals surface area contributed by atoms with E-state index in [4.69, 9.17) is 0 Å². The number of fused-ring (bicyclic) bond motifs is 1. The molecule has 2 heterocycles. The van der Waals surface area contributed by atoms with Gasteiger partial charge in [0.2, 0.25) is 5.84 Å². The SMILES string of the molecule is O=C(CSc1nc2ccccc2[nH]1)N/N=C(\N=Nc1cccc([N+](=O)[O-])c1)c1cccnc1. The normalized spacial score (nSPS) is 11.7. The number of carbonyl (C=O) groups excluding carboxylic acids is 1. The number of nitro benzene ring substituents is 1. The van der Waals surface area contributed by atoms with Crippen LogP contribution in [0.1, 0.15) is 5.56 Å². The zero-order valence-electron chi connectivity index (χ0n) is 17.0. The van der Waals surface area contributed by atoms with E-state index < -0.39 is 4.92 Å². The number of H-pyrrole nitrogens is 1. The number of benzene rings is 2. The van der Waals surface area contributed by atoms with Gasteiger partial charge in [0.15, 0.2) is 5.16 Å².